The second-order valence-corrected chi connectivity index (χ2v) is 6.54. The summed E-state index contributed by atoms with van der Waals surface area (Å²) in [5.41, 5.74) is 1.82. The Balaban J connectivity index is 1.70. The number of aryl methyl sites for hydroxylation is 2. The molecule has 1 N–H and O–H groups in total. The summed E-state index contributed by atoms with van der Waals surface area (Å²) in [4.78, 5) is 7.16. The van der Waals surface area contributed by atoms with Crippen molar-refractivity contribution in [3.05, 3.63) is 59.5 Å². The van der Waals surface area contributed by atoms with E-state index in [0.29, 0.717) is 19.4 Å². The van der Waals surface area contributed by atoms with Gasteiger partial charge in [-0.2, -0.15) is 0 Å². The van der Waals surface area contributed by atoms with Crippen molar-refractivity contribution in [2.24, 2.45) is 0 Å². The van der Waals surface area contributed by atoms with Crippen molar-refractivity contribution >= 4 is 10.0 Å². The van der Waals surface area contributed by atoms with E-state index in [1.807, 2.05) is 31.2 Å². The molecule has 0 saturated carbocycles. The number of hydrogen-bond donors (Lipinski definition) is 1. The number of rotatable bonds is 8. The van der Waals surface area contributed by atoms with Gasteiger partial charge in [0.05, 0.1) is 18.6 Å². The molecule has 2 rings (SSSR count). The monoisotopic (exact) mass is 309 g/mol. The lowest BCUT2D eigenvalue weighted by molar-refractivity contribution is 0.0904. The lowest BCUT2D eigenvalue weighted by atomic mass is 10.2. The Bertz CT molecular complexity index is 633. The van der Waals surface area contributed by atoms with Crippen molar-refractivity contribution in [1.82, 2.24) is 4.89 Å². The van der Waals surface area contributed by atoms with E-state index >= 15 is 0 Å². The van der Waals surface area contributed by atoms with Crippen LogP contribution < -0.4 is 4.89 Å². The number of furan rings is 1. The van der Waals surface area contributed by atoms with E-state index in [4.69, 9.17) is 9.25 Å². The van der Waals surface area contributed by atoms with Crippen molar-refractivity contribution in [3.8, 4) is 0 Å². The highest BCUT2D eigenvalue weighted by atomic mass is 32.2. The standard InChI is InChI=1S/C15H19NO4S/c1-13-6-8-14(9-7-13)12-21(17,18)16-20-11-3-5-15-4-2-10-19-15/h2,4,6-10,16H,3,5,11-12H2,1H3. The molecule has 0 amide bonds. The predicted molar refractivity (Wildman–Crippen MR) is 79.9 cm³/mol. The fourth-order valence-electron chi connectivity index (χ4n) is 1.84. The van der Waals surface area contributed by atoms with Crippen LogP contribution in [0.15, 0.2) is 47.1 Å². The molecule has 6 heteroatoms. The molecule has 0 fully saturated rings. The molecule has 0 bridgehead atoms. The quantitative estimate of drug-likeness (QED) is 0.601. The van der Waals surface area contributed by atoms with Crippen LogP contribution >= 0.6 is 0 Å². The molecule has 0 spiro atoms. The van der Waals surface area contributed by atoms with E-state index in [-0.39, 0.29) is 5.75 Å². The summed E-state index contributed by atoms with van der Waals surface area (Å²) in [6, 6.07) is 11.1. The largest absolute Gasteiger partial charge is 0.469 e. The SMILES string of the molecule is Cc1ccc(CS(=O)(=O)NOCCCc2ccco2)cc1. The van der Waals surface area contributed by atoms with Crippen LogP contribution in [0.1, 0.15) is 23.3 Å². The molecular formula is C15H19NO4S. The van der Waals surface area contributed by atoms with E-state index in [9.17, 15) is 8.42 Å². The van der Waals surface area contributed by atoms with Gasteiger partial charge in [0.2, 0.25) is 10.0 Å². The maximum Gasteiger partial charge on any atom is 0.237 e. The second-order valence-electron chi connectivity index (χ2n) is 4.86. The zero-order valence-corrected chi connectivity index (χ0v) is 12.7. The van der Waals surface area contributed by atoms with Crippen LogP contribution in [0.3, 0.4) is 0 Å². The first-order chi connectivity index (χ1) is 10.1. The Morgan fingerprint density at radius 3 is 2.62 bits per heavy atom. The molecule has 1 heterocycles. The number of benzene rings is 1. The van der Waals surface area contributed by atoms with Crippen LogP contribution in [0.5, 0.6) is 0 Å². The van der Waals surface area contributed by atoms with Gasteiger partial charge in [-0.1, -0.05) is 34.7 Å². The molecular weight excluding hydrogens is 290 g/mol. The highest BCUT2D eigenvalue weighted by Crippen LogP contribution is 2.07. The van der Waals surface area contributed by atoms with Crippen molar-refractivity contribution in [1.29, 1.82) is 0 Å². The fourth-order valence-corrected chi connectivity index (χ4v) is 2.79. The van der Waals surface area contributed by atoms with Crippen LogP contribution in [-0.4, -0.2) is 15.0 Å². The third kappa shape index (κ3) is 5.71. The number of sulfonamides is 1. The van der Waals surface area contributed by atoms with Gasteiger partial charge in [0.15, 0.2) is 0 Å². The second kappa shape index (κ2) is 7.40. The zero-order valence-electron chi connectivity index (χ0n) is 11.9. The predicted octanol–water partition coefficient (Wildman–Crippen LogP) is 2.57. The Hall–Kier alpha value is -1.63. The first-order valence-electron chi connectivity index (χ1n) is 6.74. The Morgan fingerprint density at radius 1 is 1.19 bits per heavy atom. The summed E-state index contributed by atoms with van der Waals surface area (Å²) < 4.78 is 28.8. The number of hydrogen-bond acceptors (Lipinski definition) is 4. The van der Waals surface area contributed by atoms with Crippen molar-refractivity contribution in [2.75, 3.05) is 6.61 Å². The van der Waals surface area contributed by atoms with E-state index in [1.54, 1.807) is 18.4 Å². The van der Waals surface area contributed by atoms with E-state index in [1.165, 1.54) is 0 Å². The molecule has 0 atom stereocenters. The number of nitrogens with one attached hydrogen (secondary N) is 1. The Morgan fingerprint density at radius 2 is 1.95 bits per heavy atom. The first-order valence-corrected chi connectivity index (χ1v) is 8.39. The minimum Gasteiger partial charge on any atom is -0.469 e. The molecule has 114 valence electrons. The summed E-state index contributed by atoms with van der Waals surface area (Å²) in [5, 5.41) is 0. The lowest BCUT2D eigenvalue weighted by Gasteiger charge is -2.07. The van der Waals surface area contributed by atoms with Crippen molar-refractivity contribution in [3.63, 3.8) is 0 Å². The molecule has 1 aromatic carbocycles. The van der Waals surface area contributed by atoms with Gasteiger partial charge in [0, 0.05) is 6.42 Å². The van der Waals surface area contributed by atoms with Crippen LogP contribution in [0, 0.1) is 6.92 Å². The first kappa shape index (κ1) is 15.8. The van der Waals surface area contributed by atoms with E-state index in [0.717, 1.165) is 16.9 Å². The Kier molecular flexibility index (Phi) is 5.55. The van der Waals surface area contributed by atoms with Gasteiger partial charge in [-0.05, 0) is 31.0 Å². The molecule has 2 aromatic rings. The summed E-state index contributed by atoms with van der Waals surface area (Å²) in [7, 11) is -3.48. The summed E-state index contributed by atoms with van der Waals surface area (Å²) in [6.07, 6.45) is 3.01. The molecule has 0 aliphatic heterocycles. The molecule has 1 aromatic heterocycles. The van der Waals surface area contributed by atoms with Gasteiger partial charge >= 0.3 is 0 Å². The summed E-state index contributed by atoms with van der Waals surface area (Å²) in [6.45, 7) is 2.26. The highest BCUT2D eigenvalue weighted by molar-refractivity contribution is 7.88. The van der Waals surface area contributed by atoms with Gasteiger partial charge in [-0.3, -0.25) is 4.84 Å². The third-order valence-electron chi connectivity index (χ3n) is 2.91. The highest BCUT2D eigenvalue weighted by Gasteiger charge is 2.11. The summed E-state index contributed by atoms with van der Waals surface area (Å²) >= 11 is 0. The van der Waals surface area contributed by atoms with Crippen LogP contribution in [0.2, 0.25) is 0 Å². The van der Waals surface area contributed by atoms with E-state index in [2.05, 4.69) is 4.89 Å². The maximum absolute atomic E-state index is 11.8. The molecule has 0 aliphatic rings. The van der Waals surface area contributed by atoms with Gasteiger partial charge in [0.1, 0.15) is 5.76 Å². The average molecular weight is 309 g/mol. The van der Waals surface area contributed by atoms with E-state index < -0.39 is 10.0 Å². The van der Waals surface area contributed by atoms with Crippen molar-refractivity contribution < 1.29 is 17.7 Å². The molecule has 0 aliphatic carbocycles. The average Bonchev–Trinajstić information content (AvgIpc) is 2.94. The van der Waals surface area contributed by atoms with Crippen LogP contribution in [-0.2, 0) is 27.0 Å². The van der Waals surface area contributed by atoms with Crippen LogP contribution in [0.4, 0.5) is 0 Å². The van der Waals surface area contributed by atoms with Gasteiger partial charge in [0.25, 0.3) is 0 Å². The third-order valence-corrected chi connectivity index (χ3v) is 4.00. The van der Waals surface area contributed by atoms with Gasteiger partial charge in [-0.25, -0.2) is 8.42 Å². The smallest absolute Gasteiger partial charge is 0.237 e. The molecule has 0 unspecified atom stereocenters. The normalized spacial score (nSPS) is 11.7. The topological polar surface area (TPSA) is 68.5 Å². The summed E-state index contributed by atoms with van der Waals surface area (Å²) in [5.74, 6) is 0.770. The minimum atomic E-state index is -3.48. The zero-order chi connectivity index (χ0) is 15.1. The molecule has 5 nitrogen and oxygen atoms in total. The minimum absolute atomic E-state index is 0.0918. The van der Waals surface area contributed by atoms with Crippen molar-refractivity contribution in [2.45, 2.75) is 25.5 Å². The lowest BCUT2D eigenvalue weighted by Crippen LogP contribution is -2.26. The molecule has 21 heavy (non-hydrogen) atoms. The molecule has 0 saturated heterocycles. The van der Waals surface area contributed by atoms with Gasteiger partial charge in [-0.15, -0.1) is 0 Å². The Labute approximate surface area is 124 Å². The molecule has 0 radical (unpaired) electrons. The van der Waals surface area contributed by atoms with Gasteiger partial charge < -0.3 is 4.42 Å². The maximum atomic E-state index is 11.8. The van der Waals surface area contributed by atoms with Crippen LogP contribution in [0.25, 0.3) is 0 Å². The fraction of sp³-hybridized carbons (Fsp3) is 0.333.